The van der Waals surface area contributed by atoms with Crippen molar-refractivity contribution in [2.24, 2.45) is 11.8 Å². The fourth-order valence-corrected chi connectivity index (χ4v) is 10.2. The van der Waals surface area contributed by atoms with Crippen molar-refractivity contribution < 1.29 is 57.6 Å². The number of carboxylic acids is 1. The Kier molecular flexibility index (Phi) is 17.8. The molecule has 394 valence electrons. The van der Waals surface area contributed by atoms with Crippen LogP contribution in [0.5, 0.6) is 23.0 Å². The number of para-hydroxylation sites is 1. The molecule has 8 rings (SSSR count). The first-order valence-electron chi connectivity index (χ1n) is 25.7. The Morgan fingerprint density at radius 3 is 1.80 bits per heavy atom. The van der Waals surface area contributed by atoms with Gasteiger partial charge in [0.1, 0.15) is 35.2 Å². The summed E-state index contributed by atoms with van der Waals surface area (Å²) in [6.07, 6.45) is -0.176. The molecule has 76 heavy (non-hydrogen) atoms. The maximum absolute atomic E-state index is 15.1. The van der Waals surface area contributed by atoms with Gasteiger partial charge in [-0.3, -0.25) is 14.4 Å². The van der Waals surface area contributed by atoms with Crippen LogP contribution in [-0.4, -0.2) is 83.7 Å². The third kappa shape index (κ3) is 12.7. The lowest BCUT2D eigenvalue weighted by Crippen LogP contribution is -2.44. The zero-order chi connectivity index (χ0) is 53.7. The van der Waals surface area contributed by atoms with Gasteiger partial charge in [0.15, 0.2) is 6.10 Å². The molecule has 5 atom stereocenters. The molecular formula is C61H63N3O12. The van der Waals surface area contributed by atoms with E-state index < -0.39 is 60.0 Å². The van der Waals surface area contributed by atoms with Crippen LogP contribution >= 0.6 is 0 Å². The summed E-state index contributed by atoms with van der Waals surface area (Å²) in [4.78, 5) is 86.5. The van der Waals surface area contributed by atoms with Crippen LogP contribution in [0.15, 0.2) is 146 Å². The molecular weight excluding hydrogens is 967 g/mol. The highest BCUT2D eigenvalue weighted by molar-refractivity contribution is 5.98. The highest BCUT2D eigenvalue weighted by atomic mass is 16.6. The van der Waals surface area contributed by atoms with Crippen molar-refractivity contribution in [2.75, 3.05) is 20.8 Å². The average molecular weight is 1030 g/mol. The van der Waals surface area contributed by atoms with Gasteiger partial charge in [0.2, 0.25) is 11.8 Å². The minimum Gasteiger partial charge on any atom is -0.496 e. The molecule has 0 saturated carbocycles. The van der Waals surface area contributed by atoms with Gasteiger partial charge in [-0.2, -0.15) is 0 Å². The summed E-state index contributed by atoms with van der Waals surface area (Å²) in [7, 11) is 2.80. The summed E-state index contributed by atoms with van der Waals surface area (Å²) < 4.78 is 29.0. The number of benzene rings is 6. The minimum absolute atomic E-state index is 0.0383. The van der Waals surface area contributed by atoms with E-state index in [0.29, 0.717) is 60.5 Å². The third-order valence-corrected chi connectivity index (χ3v) is 13.9. The van der Waals surface area contributed by atoms with Crippen LogP contribution in [0.1, 0.15) is 99.7 Å². The number of ether oxygens (including phenoxy) is 5. The van der Waals surface area contributed by atoms with E-state index >= 15 is 4.79 Å². The molecule has 0 aliphatic carbocycles. The first-order valence-corrected chi connectivity index (χ1v) is 25.7. The number of hydrogen-bond donors (Lipinski definition) is 2. The lowest BCUT2D eigenvalue weighted by Gasteiger charge is -2.28. The molecule has 2 saturated heterocycles. The largest absolute Gasteiger partial charge is 0.496 e. The van der Waals surface area contributed by atoms with Gasteiger partial charge in [-0.1, -0.05) is 124 Å². The van der Waals surface area contributed by atoms with E-state index in [1.54, 1.807) is 24.3 Å². The molecule has 2 aliphatic heterocycles. The van der Waals surface area contributed by atoms with Gasteiger partial charge >= 0.3 is 18.2 Å². The number of methoxy groups -OCH3 is 2. The Bertz CT molecular complexity index is 3010. The highest BCUT2D eigenvalue weighted by Crippen LogP contribution is 2.43. The maximum Gasteiger partial charge on any atom is 0.417 e. The monoisotopic (exact) mass is 1030 g/mol. The number of carbonyl (C=O) groups is 6. The first-order chi connectivity index (χ1) is 36.9. The number of imide groups is 2. The van der Waals surface area contributed by atoms with E-state index in [2.05, 4.69) is 5.32 Å². The second-order valence-electron chi connectivity index (χ2n) is 19.1. The van der Waals surface area contributed by atoms with Crippen molar-refractivity contribution in [3.63, 3.8) is 0 Å². The van der Waals surface area contributed by atoms with Gasteiger partial charge in [0.25, 0.3) is 5.91 Å². The number of carboxylic acid groups (broad SMARTS) is 1. The zero-order valence-corrected chi connectivity index (χ0v) is 43.1. The molecule has 3 unspecified atom stereocenters. The molecule has 15 nitrogen and oxygen atoms in total. The third-order valence-electron chi connectivity index (χ3n) is 13.9. The molecule has 0 radical (unpaired) electrons. The van der Waals surface area contributed by atoms with Crippen LogP contribution in [0.3, 0.4) is 0 Å². The molecule has 0 spiro atoms. The SMILES string of the molecule is CCCC(Cc1cc(C(=O)O)c(OC)c(C2OC(=O)N(C(=O)[C@@H](CCC)Cc3ccc(OC)c(C(=O)NCc4ccc(Oc5ccccc5)cc4)c3)C2Cc2ccccc2)c1)C(=O)N1C(=O)OC[C@H]1Cc1ccccc1. The van der Waals surface area contributed by atoms with E-state index in [9.17, 15) is 29.1 Å². The van der Waals surface area contributed by atoms with Gasteiger partial charge in [0.05, 0.1) is 31.9 Å². The number of nitrogens with zero attached hydrogens (tertiary/aromatic N) is 2. The van der Waals surface area contributed by atoms with Gasteiger partial charge in [0, 0.05) is 23.9 Å². The predicted octanol–water partition coefficient (Wildman–Crippen LogP) is 11.0. The Morgan fingerprint density at radius 2 is 1.20 bits per heavy atom. The number of rotatable bonds is 23. The van der Waals surface area contributed by atoms with E-state index in [-0.39, 0.29) is 60.8 Å². The molecule has 15 heteroatoms. The topological polar surface area (TPSA) is 187 Å². The number of carbonyl (C=O) groups excluding carboxylic acids is 5. The fourth-order valence-electron chi connectivity index (χ4n) is 10.2. The Hall–Kier alpha value is -8.46. The Morgan fingerprint density at radius 1 is 0.632 bits per heavy atom. The van der Waals surface area contributed by atoms with Gasteiger partial charge in [-0.25, -0.2) is 24.2 Å². The second kappa shape index (κ2) is 25.2. The summed E-state index contributed by atoms with van der Waals surface area (Å²) in [5.41, 5.74) is 3.91. The summed E-state index contributed by atoms with van der Waals surface area (Å²) in [6, 6.07) is 42.4. The number of nitrogens with one attached hydrogen (secondary N) is 1. The number of aromatic carboxylic acids is 1. The predicted molar refractivity (Wildman–Crippen MR) is 283 cm³/mol. The normalized spacial score (nSPS) is 16.8. The van der Waals surface area contributed by atoms with E-state index in [4.69, 9.17) is 23.7 Å². The van der Waals surface area contributed by atoms with Gasteiger partial charge in [-0.05, 0) is 115 Å². The Labute approximate surface area is 442 Å². The zero-order valence-electron chi connectivity index (χ0n) is 43.1. The maximum atomic E-state index is 15.1. The lowest BCUT2D eigenvalue weighted by molar-refractivity contribution is -0.134. The molecule has 2 heterocycles. The summed E-state index contributed by atoms with van der Waals surface area (Å²) >= 11 is 0. The van der Waals surface area contributed by atoms with Crippen molar-refractivity contribution in [3.05, 3.63) is 190 Å². The molecule has 6 aromatic rings. The molecule has 2 fully saturated rings. The summed E-state index contributed by atoms with van der Waals surface area (Å²) in [6.45, 7) is 4.13. The van der Waals surface area contributed by atoms with Crippen molar-refractivity contribution >= 4 is 35.9 Å². The van der Waals surface area contributed by atoms with Crippen LogP contribution in [0.25, 0.3) is 0 Å². The number of hydrogen-bond acceptors (Lipinski definition) is 11. The molecule has 0 bridgehead atoms. The first kappa shape index (κ1) is 53.8. The number of amides is 5. The highest BCUT2D eigenvalue weighted by Gasteiger charge is 2.49. The quantitative estimate of drug-likeness (QED) is 0.0619. The standard InChI is InChI=1S/C61H63N3O12/c1-5-16-44(30-42-26-29-53(72-3)49(33-42)56(65)62-37-41-24-27-48(28-25-41)75-47-22-14-9-15-23-47)58(67)64-52(36-40-20-12-8-13-21-40)55(76-61(64)71)50-34-43(35-51(59(68)69)54(50)73-4)31-45(17-6-2)57(66)63-46(38-74-60(63)70)32-39-18-10-7-11-19-39/h7-15,18-29,33-35,44-46,52,55H,5-6,16-17,30-32,36-38H2,1-4H3,(H,62,65)(H,68,69)/t44-,45?,46+,52?,55?/m0/s1. The van der Waals surface area contributed by atoms with E-state index in [1.165, 1.54) is 25.2 Å². The molecule has 5 amide bonds. The van der Waals surface area contributed by atoms with Crippen molar-refractivity contribution in [1.29, 1.82) is 0 Å². The van der Waals surface area contributed by atoms with Crippen LogP contribution in [0.2, 0.25) is 0 Å². The van der Waals surface area contributed by atoms with Crippen molar-refractivity contribution in [3.8, 4) is 23.0 Å². The van der Waals surface area contributed by atoms with Crippen LogP contribution in [0, 0.1) is 11.8 Å². The summed E-state index contributed by atoms with van der Waals surface area (Å²) in [5.74, 6) is -2.50. The van der Waals surface area contributed by atoms with E-state index in [1.807, 2.05) is 129 Å². The minimum atomic E-state index is -1.32. The second-order valence-corrected chi connectivity index (χ2v) is 19.1. The fraction of sp³-hybridized carbons (Fsp3) is 0.311. The van der Waals surface area contributed by atoms with Crippen molar-refractivity contribution in [2.45, 2.75) is 89.9 Å². The van der Waals surface area contributed by atoms with E-state index in [0.717, 1.165) is 21.6 Å². The average Bonchev–Trinajstić information content (AvgIpc) is 3.96. The molecule has 0 aromatic heterocycles. The molecule has 6 aromatic carbocycles. The smallest absolute Gasteiger partial charge is 0.417 e. The van der Waals surface area contributed by atoms with Crippen molar-refractivity contribution in [1.82, 2.24) is 15.1 Å². The van der Waals surface area contributed by atoms with Crippen LogP contribution in [0.4, 0.5) is 9.59 Å². The van der Waals surface area contributed by atoms with Gasteiger partial charge < -0.3 is 34.1 Å². The van der Waals surface area contributed by atoms with Crippen LogP contribution in [-0.2, 0) is 51.3 Å². The number of cyclic esters (lactones) is 2. The summed E-state index contributed by atoms with van der Waals surface area (Å²) in [5, 5.41) is 13.7. The Balaban J connectivity index is 1.06. The van der Waals surface area contributed by atoms with Gasteiger partial charge in [-0.15, -0.1) is 0 Å². The molecule has 2 N–H and O–H groups in total. The van der Waals surface area contributed by atoms with Crippen LogP contribution < -0.4 is 19.5 Å². The lowest BCUT2D eigenvalue weighted by atomic mass is 9.87. The molecule has 2 aliphatic rings.